The second kappa shape index (κ2) is 454. The van der Waals surface area contributed by atoms with E-state index in [1.807, 2.05) is 0 Å². The van der Waals surface area contributed by atoms with Crippen molar-refractivity contribution < 1.29 is 19.2 Å². The first-order chi connectivity index (χ1) is 1.00. The van der Waals surface area contributed by atoms with Gasteiger partial charge in [0.1, 0.15) is 0 Å². The SMILES string of the molecule is CO.F.F.F. The maximum atomic E-state index is 7.00. The first-order valence-corrected chi connectivity index (χ1v) is 0.447. The number of aliphatic hydroxyl groups excluding tert-OH is 1. The third kappa shape index (κ3) is 184. The van der Waals surface area contributed by atoms with E-state index in [0.717, 1.165) is 7.11 Å². The Morgan fingerprint density at radius 2 is 0.800 bits per heavy atom. The van der Waals surface area contributed by atoms with Gasteiger partial charge in [-0.3, -0.25) is 14.1 Å². The molecule has 4 heteroatoms. The smallest absolute Gasteiger partial charge is 0.0319 e. The summed E-state index contributed by atoms with van der Waals surface area (Å²) in [5, 5.41) is 7.00. The van der Waals surface area contributed by atoms with E-state index >= 15 is 0 Å². The molecule has 0 aromatic carbocycles. The van der Waals surface area contributed by atoms with E-state index in [2.05, 4.69) is 0 Å². The molecule has 0 aliphatic rings. The Bertz CT molecular complexity index is 6.85. The summed E-state index contributed by atoms with van der Waals surface area (Å²) >= 11 is 0. The molecule has 0 aromatic heterocycles. The predicted molar refractivity (Wildman–Crippen MR) is 15.7 cm³/mol. The van der Waals surface area contributed by atoms with Gasteiger partial charge in [0, 0.05) is 7.11 Å². The fourth-order valence-electron chi connectivity index (χ4n) is 0. The molecule has 0 unspecified atom stereocenters. The van der Waals surface area contributed by atoms with Crippen LogP contribution >= 0.6 is 0 Å². The zero-order valence-electron chi connectivity index (χ0n) is 2.67. The average Bonchev–Trinajstić information content (AvgIpc) is 1.00. The van der Waals surface area contributed by atoms with Crippen LogP contribution in [-0.4, -0.2) is 12.2 Å². The Labute approximate surface area is 27.7 Å². The molecule has 0 aromatic rings. The molecular weight excluding hydrogens is 85.0 g/mol. The molecule has 0 saturated carbocycles. The molecule has 0 aliphatic heterocycles. The third-order valence-corrected chi connectivity index (χ3v) is 0. The zero-order valence-corrected chi connectivity index (χ0v) is 2.67. The highest BCUT2D eigenvalue weighted by Crippen LogP contribution is 0.755. The van der Waals surface area contributed by atoms with Crippen LogP contribution < -0.4 is 0 Å². The molecule has 38 valence electrons. The van der Waals surface area contributed by atoms with Gasteiger partial charge >= 0.3 is 0 Å². The van der Waals surface area contributed by atoms with Crippen molar-refractivity contribution in [2.75, 3.05) is 7.11 Å². The monoisotopic (exact) mass is 92.0 g/mol. The van der Waals surface area contributed by atoms with Gasteiger partial charge in [-0.25, -0.2) is 0 Å². The summed E-state index contributed by atoms with van der Waals surface area (Å²) in [7, 11) is 1.00. The molecule has 5 heavy (non-hydrogen) atoms. The average molecular weight is 92.1 g/mol. The van der Waals surface area contributed by atoms with Crippen LogP contribution in [0.1, 0.15) is 0 Å². The van der Waals surface area contributed by atoms with Gasteiger partial charge in [-0.15, -0.1) is 0 Å². The van der Waals surface area contributed by atoms with Crippen LogP contribution in [0.4, 0.5) is 14.1 Å². The van der Waals surface area contributed by atoms with Crippen molar-refractivity contribution >= 4 is 0 Å². The molecule has 0 radical (unpaired) electrons. The highest BCUT2D eigenvalue weighted by molar-refractivity contribution is 3.18. The zero-order chi connectivity index (χ0) is 2.00. The maximum Gasteiger partial charge on any atom is 0.0319 e. The summed E-state index contributed by atoms with van der Waals surface area (Å²) in [6, 6.07) is 0. The van der Waals surface area contributed by atoms with Crippen molar-refractivity contribution in [2.24, 2.45) is 0 Å². The Morgan fingerprint density at radius 3 is 0.800 bits per heavy atom. The molecule has 0 aliphatic carbocycles. The topological polar surface area (TPSA) is 20.2 Å². The van der Waals surface area contributed by atoms with Crippen LogP contribution in [0.3, 0.4) is 0 Å². The summed E-state index contributed by atoms with van der Waals surface area (Å²) in [5.74, 6) is 0. The van der Waals surface area contributed by atoms with Crippen molar-refractivity contribution in [1.82, 2.24) is 0 Å². The van der Waals surface area contributed by atoms with Crippen molar-refractivity contribution in [3.8, 4) is 0 Å². The van der Waals surface area contributed by atoms with Gasteiger partial charge in [-0.2, -0.15) is 0 Å². The third-order valence-electron chi connectivity index (χ3n) is 0. The molecule has 0 bridgehead atoms. The lowest BCUT2D eigenvalue weighted by Crippen LogP contribution is -1.25. The highest BCUT2D eigenvalue weighted by Gasteiger charge is 0.839. The lowest BCUT2D eigenvalue weighted by Gasteiger charge is -1.21. The van der Waals surface area contributed by atoms with Gasteiger partial charge in [0.2, 0.25) is 0 Å². The van der Waals surface area contributed by atoms with Crippen molar-refractivity contribution in [3.05, 3.63) is 0 Å². The molecular formula is CH7F3O. The molecule has 0 spiro atoms. The van der Waals surface area contributed by atoms with Crippen LogP contribution in [0.15, 0.2) is 0 Å². The summed E-state index contributed by atoms with van der Waals surface area (Å²) in [4.78, 5) is 0. The Hall–Kier alpha value is -0.250. The number of aliphatic hydroxyl groups is 1. The fourth-order valence-corrected chi connectivity index (χ4v) is 0. The van der Waals surface area contributed by atoms with Crippen molar-refractivity contribution in [2.45, 2.75) is 0 Å². The largest absolute Gasteiger partial charge is 0.400 e. The van der Waals surface area contributed by atoms with E-state index in [0.29, 0.717) is 0 Å². The lowest BCUT2D eigenvalue weighted by molar-refractivity contribution is 0.399. The minimum atomic E-state index is 0. The minimum absolute atomic E-state index is 0. The Kier molecular flexibility index (Phi) is 10800. The normalized spacial score (nSPS) is 1.20. The molecule has 1 nitrogen and oxygen atoms in total. The number of hydrogen-bond donors (Lipinski definition) is 1. The molecule has 1 N–H and O–H groups in total. The van der Waals surface area contributed by atoms with Gasteiger partial charge in [0.25, 0.3) is 0 Å². The van der Waals surface area contributed by atoms with Gasteiger partial charge in [0.05, 0.1) is 0 Å². The second-order valence-corrected chi connectivity index (χ2v) is 0. The van der Waals surface area contributed by atoms with E-state index < -0.39 is 0 Å². The second-order valence-electron chi connectivity index (χ2n) is 0. The fraction of sp³-hybridized carbons (Fsp3) is 1.00. The minimum Gasteiger partial charge on any atom is -0.400 e. The highest BCUT2D eigenvalue weighted by atomic mass is 19.0. The lowest BCUT2D eigenvalue weighted by atomic mass is 11.8. The summed E-state index contributed by atoms with van der Waals surface area (Å²) in [6.45, 7) is 0. The molecule has 0 amide bonds. The number of rotatable bonds is 0. The van der Waals surface area contributed by atoms with E-state index in [4.69, 9.17) is 5.11 Å². The molecule has 0 heterocycles. The molecule has 0 fully saturated rings. The van der Waals surface area contributed by atoms with Crippen molar-refractivity contribution in [1.29, 1.82) is 0 Å². The van der Waals surface area contributed by atoms with Gasteiger partial charge < -0.3 is 5.11 Å². The maximum absolute atomic E-state index is 7.00. The molecule has 0 rings (SSSR count). The number of halogens is 3. The van der Waals surface area contributed by atoms with E-state index in [1.165, 1.54) is 0 Å². The van der Waals surface area contributed by atoms with Crippen LogP contribution in [0, 0.1) is 0 Å². The summed E-state index contributed by atoms with van der Waals surface area (Å²) in [5.41, 5.74) is 0. The van der Waals surface area contributed by atoms with Crippen LogP contribution in [0.25, 0.3) is 0 Å². The summed E-state index contributed by atoms with van der Waals surface area (Å²) < 4.78 is 0. The van der Waals surface area contributed by atoms with E-state index in [-0.39, 0.29) is 14.1 Å². The van der Waals surface area contributed by atoms with E-state index in [1.54, 1.807) is 0 Å². The van der Waals surface area contributed by atoms with Gasteiger partial charge in [0.15, 0.2) is 0 Å². The molecule has 0 atom stereocenters. The van der Waals surface area contributed by atoms with E-state index in [9.17, 15) is 0 Å². The number of hydrogen-bond acceptors (Lipinski definition) is 1. The predicted octanol–water partition coefficient (Wildman–Crippen LogP) is 0.0660. The Morgan fingerprint density at radius 1 is 0.800 bits per heavy atom. The van der Waals surface area contributed by atoms with Crippen LogP contribution in [-0.2, 0) is 0 Å². The van der Waals surface area contributed by atoms with Crippen LogP contribution in [0.2, 0.25) is 0 Å². The van der Waals surface area contributed by atoms with Crippen molar-refractivity contribution in [3.63, 3.8) is 0 Å². The Balaban J connectivity index is -0.00000000167. The first-order valence-electron chi connectivity index (χ1n) is 0.447. The quantitative estimate of drug-likeness (QED) is 0.448. The van der Waals surface area contributed by atoms with Gasteiger partial charge in [-0.05, 0) is 0 Å². The summed E-state index contributed by atoms with van der Waals surface area (Å²) in [6.07, 6.45) is 0. The standard InChI is InChI=1S/CH4O.3FH/c1-2;;;/h2H,1H3;3*1H. The first kappa shape index (κ1) is 119. The molecule has 0 saturated heterocycles. The van der Waals surface area contributed by atoms with Crippen LogP contribution in [0.5, 0.6) is 0 Å². The van der Waals surface area contributed by atoms with Gasteiger partial charge in [-0.1, -0.05) is 0 Å².